The minimum absolute atomic E-state index is 0.0220. The molecule has 0 aliphatic carbocycles. The van der Waals surface area contributed by atoms with E-state index in [9.17, 15) is 14.4 Å². The summed E-state index contributed by atoms with van der Waals surface area (Å²) in [5.74, 6) is -0.943. The highest BCUT2D eigenvalue weighted by Gasteiger charge is 2.58. The first-order chi connectivity index (χ1) is 44.3. The summed E-state index contributed by atoms with van der Waals surface area (Å²) in [5, 5.41) is -0.642. The summed E-state index contributed by atoms with van der Waals surface area (Å²) < 4.78 is 83.2. The Kier molecular flexibility index (Phi) is 29.4. The van der Waals surface area contributed by atoms with E-state index in [1.165, 1.54) is 7.11 Å². The monoisotopic (exact) mass is 1440 g/mol. The molecule has 1 aromatic carbocycles. The maximum absolute atomic E-state index is 14.5. The molecule has 0 bridgehead atoms. The van der Waals surface area contributed by atoms with E-state index in [1.54, 1.807) is 31.4 Å². The lowest BCUT2D eigenvalue weighted by molar-refractivity contribution is -0.227. The van der Waals surface area contributed by atoms with Gasteiger partial charge in [-0.1, -0.05) is 154 Å². The lowest BCUT2D eigenvalue weighted by atomic mass is 9.82. The molecule has 4 saturated heterocycles. The smallest absolute Gasteiger partial charge is 0.338 e. The second-order valence-electron chi connectivity index (χ2n) is 36.3. The summed E-state index contributed by atoms with van der Waals surface area (Å²) in [5.41, 5.74) is 2.47. The van der Waals surface area contributed by atoms with Gasteiger partial charge in [-0.2, -0.15) is 0 Å². The van der Waals surface area contributed by atoms with E-state index >= 15 is 0 Å². The second-order valence-corrected chi connectivity index (χ2v) is 60.2. The van der Waals surface area contributed by atoms with Crippen molar-refractivity contribution in [2.45, 2.75) is 351 Å². The first-order valence-electron chi connectivity index (χ1n) is 36.3. The molecule has 1 aromatic rings. The summed E-state index contributed by atoms with van der Waals surface area (Å²) in [6.45, 7) is 71.7. The van der Waals surface area contributed by atoms with Crippen molar-refractivity contribution >= 4 is 59.3 Å². The SMILES string of the molecule is C=CCC1O[C@@H]([C@H](/C=C/C(=O)CCC2CC(=C)[C@H](CC[C@H]3C[C@@H](C)C(=C)C(C[C@@H]4OC(C[C@@H](CO[Si](C)(C)C(C)(C)C)O[Si](C)(C)C(C)(C)C)[C@H](OC)[C@H]4CC(=O)OC)O3)O2)O[Si](C)(C)C(C)(C)C)C(O[Si](C)(C)C(C)(C)C)C(O[Si](C)(C)C(C)(C)C)[C@H]1OC(=O)c1ccccc1. The van der Waals surface area contributed by atoms with Crippen molar-refractivity contribution in [1.82, 2.24) is 0 Å². The quantitative estimate of drug-likeness (QED) is 0.0298. The fourth-order valence-corrected chi connectivity index (χ4v) is 18.4. The number of hydrogen-bond acceptors (Lipinski definition) is 15. The molecule has 20 heteroatoms. The molecule has 16 atom stereocenters. The summed E-state index contributed by atoms with van der Waals surface area (Å²) >= 11 is 0. The van der Waals surface area contributed by atoms with E-state index in [-0.39, 0.29) is 104 Å². The van der Waals surface area contributed by atoms with Gasteiger partial charge in [-0.25, -0.2) is 4.79 Å². The zero-order chi connectivity index (χ0) is 73.6. The first kappa shape index (κ1) is 85.1. The van der Waals surface area contributed by atoms with Crippen LogP contribution in [0.1, 0.15) is 185 Å². The molecule has 0 N–H and O–H groups in total. The number of benzene rings is 1. The van der Waals surface area contributed by atoms with Gasteiger partial charge in [0.1, 0.15) is 24.4 Å². The van der Waals surface area contributed by atoms with Gasteiger partial charge in [-0.15, -0.1) is 6.58 Å². The Morgan fingerprint density at radius 1 is 0.619 bits per heavy atom. The third kappa shape index (κ3) is 22.5. The van der Waals surface area contributed by atoms with Crippen LogP contribution in [0.5, 0.6) is 0 Å². The number of carbonyl (C=O) groups is 3. The van der Waals surface area contributed by atoms with Crippen molar-refractivity contribution < 1.29 is 69.7 Å². The van der Waals surface area contributed by atoms with Crippen molar-refractivity contribution in [1.29, 1.82) is 0 Å². The minimum atomic E-state index is -2.66. The van der Waals surface area contributed by atoms with E-state index in [1.807, 2.05) is 24.3 Å². The summed E-state index contributed by atoms with van der Waals surface area (Å²) in [4.78, 5) is 41.9. The van der Waals surface area contributed by atoms with Crippen LogP contribution in [0.15, 0.2) is 79.4 Å². The molecule has 97 heavy (non-hydrogen) atoms. The van der Waals surface area contributed by atoms with Gasteiger partial charge in [0.2, 0.25) is 0 Å². The topological polar surface area (TPSA) is 162 Å². The van der Waals surface area contributed by atoms with Crippen LogP contribution >= 0.6 is 0 Å². The molecular weight excluding hydrogens is 1310 g/mol. The Morgan fingerprint density at radius 3 is 1.70 bits per heavy atom. The Balaban J connectivity index is 1.36. The van der Waals surface area contributed by atoms with E-state index < -0.39 is 90.3 Å². The van der Waals surface area contributed by atoms with Gasteiger partial charge in [0.25, 0.3) is 0 Å². The molecule has 0 amide bonds. The molecule has 0 aromatic heterocycles. The zero-order valence-corrected chi connectivity index (χ0v) is 70.9. The predicted molar refractivity (Wildman–Crippen MR) is 406 cm³/mol. The Morgan fingerprint density at radius 2 is 1.16 bits per heavy atom. The van der Waals surface area contributed by atoms with Crippen LogP contribution in [0.2, 0.25) is 90.7 Å². The average molecular weight is 1440 g/mol. The lowest BCUT2D eigenvalue weighted by Gasteiger charge is -2.54. The van der Waals surface area contributed by atoms with Crippen LogP contribution in [0.3, 0.4) is 0 Å². The number of hydrogen-bond donors (Lipinski definition) is 0. The molecule has 0 radical (unpaired) electrons. The first-order valence-corrected chi connectivity index (χ1v) is 50.9. The number of methoxy groups -OCH3 is 2. The molecule has 15 nitrogen and oxygen atoms in total. The fourth-order valence-electron chi connectivity index (χ4n) is 12.2. The van der Waals surface area contributed by atoms with E-state index in [2.05, 4.69) is 196 Å². The largest absolute Gasteiger partial charge is 0.469 e. The molecule has 4 aliphatic heterocycles. The lowest BCUT2D eigenvalue weighted by Crippen LogP contribution is -2.68. The number of carbonyl (C=O) groups excluding carboxylic acids is 3. The van der Waals surface area contributed by atoms with Crippen LogP contribution < -0.4 is 0 Å². The Hall–Kier alpha value is -2.53. The van der Waals surface area contributed by atoms with E-state index in [0.29, 0.717) is 44.3 Å². The third-order valence-corrected chi connectivity index (χ3v) is 46.2. The van der Waals surface area contributed by atoms with Crippen LogP contribution in [-0.4, -0.2) is 166 Å². The van der Waals surface area contributed by atoms with Crippen LogP contribution in [0.4, 0.5) is 0 Å². The predicted octanol–water partition coefficient (Wildman–Crippen LogP) is 18.6. The van der Waals surface area contributed by atoms with Crippen molar-refractivity contribution in [3.63, 3.8) is 0 Å². The molecule has 4 fully saturated rings. The molecule has 5 rings (SSSR count). The van der Waals surface area contributed by atoms with Crippen molar-refractivity contribution in [3.05, 3.63) is 85.0 Å². The highest BCUT2D eigenvalue weighted by atomic mass is 28.4. The summed E-state index contributed by atoms with van der Waals surface area (Å²) in [6, 6.07) is 9.04. The summed E-state index contributed by atoms with van der Waals surface area (Å²) in [6.07, 6.45) is 3.94. The normalized spacial score (nSPS) is 28.5. The maximum Gasteiger partial charge on any atom is 0.338 e. The highest BCUT2D eigenvalue weighted by molar-refractivity contribution is 6.76. The highest BCUT2D eigenvalue weighted by Crippen LogP contribution is 2.49. The van der Waals surface area contributed by atoms with E-state index in [0.717, 1.165) is 30.4 Å². The molecule has 4 aliphatic rings. The van der Waals surface area contributed by atoms with Gasteiger partial charge in [-0.3, -0.25) is 9.59 Å². The van der Waals surface area contributed by atoms with Crippen molar-refractivity contribution in [2.24, 2.45) is 11.8 Å². The van der Waals surface area contributed by atoms with Crippen molar-refractivity contribution in [2.75, 3.05) is 20.8 Å². The molecule has 0 saturated carbocycles. The van der Waals surface area contributed by atoms with Crippen molar-refractivity contribution in [3.8, 4) is 0 Å². The standard InChI is InChI=1S/C77H136O15Si5/c1-32-36-61-68(88-72(80)54-37-34-33-35-38-54)70(91-96(28,29)76(14,15)16)71(92-97(30,31)77(17,18)19)69(87-61)62(90-95(26,27)75(11,12)13)43-40-55(78)39-41-56-46-52(3)60(84-56)44-42-57-45-51(2)53(4)63(85-57)49-64-59(48-66(79)81-20)67(82-21)65(86-64)47-58(89-94(24,25)74(8,9)10)50-83-93(22,23)73(5,6)7/h32-35,37-38,40,43,51,56-65,67-71H,1,3-4,36,39,41-42,44-50H2,2,5-31H3/b43-40+/t51-,56?,57+,58+,59+,60+,61?,62+,63?,64+,65?,67-,68+,69+,70?,71?/m1/s1. The zero-order valence-electron chi connectivity index (χ0n) is 65.9. The Bertz CT molecular complexity index is 2800. The van der Waals surface area contributed by atoms with Gasteiger partial charge >= 0.3 is 11.9 Å². The molecule has 6 unspecified atom stereocenters. The van der Waals surface area contributed by atoms with Crippen LogP contribution in [-0.2, 0) is 64.9 Å². The van der Waals surface area contributed by atoms with Gasteiger partial charge in [-0.05, 0) is 164 Å². The molecule has 554 valence electrons. The second kappa shape index (κ2) is 33.5. The molecule has 0 spiro atoms. The van der Waals surface area contributed by atoms with Crippen LogP contribution in [0.25, 0.3) is 0 Å². The number of allylic oxidation sites excluding steroid dienone is 1. The third-order valence-electron chi connectivity index (χ3n) is 23.8. The molecular formula is C77H136O15Si5. The number of ether oxygens (including phenoxy) is 7. The maximum atomic E-state index is 14.5. The number of esters is 2. The van der Waals surface area contributed by atoms with Crippen LogP contribution in [0, 0.1) is 11.8 Å². The number of rotatable bonds is 31. The molecule has 4 heterocycles. The average Bonchev–Trinajstić information content (AvgIpc) is 1.13. The van der Waals surface area contributed by atoms with E-state index in [4.69, 9.17) is 55.3 Å². The van der Waals surface area contributed by atoms with Gasteiger partial charge in [0, 0.05) is 32.3 Å². The minimum Gasteiger partial charge on any atom is -0.469 e. The van der Waals surface area contributed by atoms with Gasteiger partial charge in [0.15, 0.2) is 53.5 Å². The van der Waals surface area contributed by atoms with Gasteiger partial charge in [0.05, 0.1) is 80.6 Å². The Labute approximate surface area is 594 Å². The summed E-state index contributed by atoms with van der Waals surface area (Å²) in [7, 11) is -9.17. The number of ketones is 1. The fraction of sp³-hybridized carbons (Fsp3) is 0.779. The van der Waals surface area contributed by atoms with Gasteiger partial charge < -0.3 is 55.3 Å².